The van der Waals surface area contributed by atoms with E-state index in [4.69, 9.17) is 4.74 Å². The molecule has 1 aromatic rings. The zero-order chi connectivity index (χ0) is 12.4. The topological polar surface area (TPSA) is 29.5 Å². The van der Waals surface area contributed by atoms with E-state index in [1.807, 2.05) is 0 Å². The molecule has 17 heavy (non-hydrogen) atoms. The maximum absolute atomic E-state index is 9.82. The average molecular weight is 234 g/mol. The SMILES string of the molecule is Cc1ccc(C(C)C)c(O[C@@H]2CCC[C@H]2O)c1. The largest absolute Gasteiger partial charge is 0.487 e. The van der Waals surface area contributed by atoms with Crippen LogP contribution in [0.1, 0.15) is 50.2 Å². The molecule has 2 rings (SSSR count). The third-order valence-corrected chi connectivity index (χ3v) is 3.49. The van der Waals surface area contributed by atoms with Gasteiger partial charge < -0.3 is 9.84 Å². The Morgan fingerprint density at radius 2 is 2.06 bits per heavy atom. The molecule has 1 aliphatic rings. The number of hydrogen-bond acceptors (Lipinski definition) is 2. The standard InChI is InChI=1S/C15H22O2/c1-10(2)12-8-7-11(3)9-15(12)17-14-6-4-5-13(14)16/h7-10,13-14,16H,4-6H2,1-3H3/t13-,14-/m1/s1. The van der Waals surface area contributed by atoms with Crippen LogP contribution in [0.5, 0.6) is 5.75 Å². The van der Waals surface area contributed by atoms with Crippen LogP contribution in [0.25, 0.3) is 0 Å². The van der Waals surface area contributed by atoms with E-state index in [0.29, 0.717) is 5.92 Å². The Hall–Kier alpha value is -1.02. The second-order valence-electron chi connectivity index (χ2n) is 5.35. The number of rotatable bonds is 3. The molecule has 0 aliphatic heterocycles. The van der Waals surface area contributed by atoms with E-state index in [9.17, 15) is 5.11 Å². The highest BCUT2D eigenvalue weighted by atomic mass is 16.5. The fraction of sp³-hybridized carbons (Fsp3) is 0.600. The van der Waals surface area contributed by atoms with Crippen molar-refractivity contribution < 1.29 is 9.84 Å². The molecule has 1 fully saturated rings. The van der Waals surface area contributed by atoms with Gasteiger partial charge in [0.05, 0.1) is 6.10 Å². The minimum Gasteiger partial charge on any atom is -0.487 e. The van der Waals surface area contributed by atoms with E-state index in [1.165, 1.54) is 11.1 Å². The minimum atomic E-state index is -0.296. The Bertz CT molecular complexity index is 385. The maximum atomic E-state index is 9.82. The van der Waals surface area contributed by atoms with Crippen LogP contribution < -0.4 is 4.74 Å². The van der Waals surface area contributed by atoms with Gasteiger partial charge >= 0.3 is 0 Å². The molecule has 0 radical (unpaired) electrons. The van der Waals surface area contributed by atoms with Crippen molar-refractivity contribution in [3.8, 4) is 5.75 Å². The van der Waals surface area contributed by atoms with Crippen LogP contribution in [0.3, 0.4) is 0 Å². The smallest absolute Gasteiger partial charge is 0.124 e. The van der Waals surface area contributed by atoms with Crippen molar-refractivity contribution >= 4 is 0 Å². The molecule has 0 unspecified atom stereocenters. The van der Waals surface area contributed by atoms with Gasteiger partial charge in [-0.05, 0) is 49.3 Å². The number of benzene rings is 1. The summed E-state index contributed by atoms with van der Waals surface area (Å²) < 4.78 is 6.01. The fourth-order valence-corrected chi connectivity index (χ4v) is 2.43. The van der Waals surface area contributed by atoms with Crippen LogP contribution in [0, 0.1) is 6.92 Å². The number of aliphatic hydroxyl groups excluding tert-OH is 1. The third kappa shape index (κ3) is 2.81. The Labute approximate surface area is 104 Å². The number of hydrogen-bond donors (Lipinski definition) is 1. The lowest BCUT2D eigenvalue weighted by Crippen LogP contribution is -2.26. The first-order valence-electron chi connectivity index (χ1n) is 6.53. The zero-order valence-corrected chi connectivity index (χ0v) is 10.9. The molecule has 94 valence electrons. The molecule has 1 saturated carbocycles. The second kappa shape index (κ2) is 5.09. The summed E-state index contributed by atoms with van der Waals surface area (Å²) in [5, 5.41) is 9.82. The third-order valence-electron chi connectivity index (χ3n) is 3.49. The lowest BCUT2D eigenvalue weighted by Gasteiger charge is -2.21. The maximum Gasteiger partial charge on any atom is 0.124 e. The van der Waals surface area contributed by atoms with E-state index < -0.39 is 0 Å². The van der Waals surface area contributed by atoms with E-state index in [1.54, 1.807) is 0 Å². The molecule has 2 atom stereocenters. The number of aliphatic hydroxyl groups is 1. The van der Waals surface area contributed by atoms with Crippen LogP contribution in [0.4, 0.5) is 0 Å². The second-order valence-corrected chi connectivity index (χ2v) is 5.35. The van der Waals surface area contributed by atoms with Crippen LogP contribution in [0.2, 0.25) is 0 Å². The monoisotopic (exact) mass is 234 g/mol. The Morgan fingerprint density at radius 3 is 2.65 bits per heavy atom. The summed E-state index contributed by atoms with van der Waals surface area (Å²) in [5.41, 5.74) is 2.44. The molecule has 1 N–H and O–H groups in total. The molecule has 0 heterocycles. The molecule has 1 aliphatic carbocycles. The van der Waals surface area contributed by atoms with Crippen molar-refractivity contribution in [1.29, 1.82) is 0 Å². The summed E-state index contributed by atoms with van der Waals surface area (Å²) in [4.78, 5) is 0. The summed E-state index contributed by atoms with van der Waals surface area (Å²) in [6, 6.07) is 6.34. The summed E-state index contributed by atoms with van der Waals surface area (Å²) in [6.45, 7) is 6.41. The highest BCUT2D eigenvalue weighted by Gasteiger charge is 2.27. The van der Waals surface area contributed by atoms with Gasteiger partial charge in [-0.3, -0.25) is 0 Å². The van der Waals surface area contributed by atoms with E-state index >= 15 is 0 Å². The van der Waals surface area contributed by atoms with Crippen molar-refractivity contribution in [1.82, 2.24) is 0 Å². The normalized spacial score (nSPS) is 24.3. The average Bonchev–Trinajstić information content (AvgIpc) is 2.64. The van der Waals surface area contributed by atoms with Crippen molar-refractivity contribution in [2.45, 2.75) is 58.2 Å². The highest BCUT2D eigenvalue weighted by molar-refractivity contribution is 5.39. The molecule has 0 bridgehead atoms. The van der Waals surface area contributed by atoms with Gasteiger partial charge in [0.2, 0.25) is 0 Å². The lowest BCUT2D eigenvalue weighted by atomic mass is 10.0. The van der Waals surface area contributed by atoms with Gasteiger partial charge in [-0.25, -0.2) is 0 Å². The summed E-state index contributed by atoms with van der Waals surface area (Å²) in [5.74, 6) is 1.40. The number of aryl methyl sites for hydroxylation is 1. The van der Waals surface area contributed by atoms with Crippen molar-refractivity contribution in [2.24, 2.45) is 0 Å². The molecule has 0 aromatic heterocycles. The first kappa shape index (κ1) is 12.4. The van der Waals surface area contributed by atoms with Gasteiger partial charge in [-0.15, -0.1) is 0 Å². The van der Waals surface area contributed by atoms with Crippen LogP contribution >= 0.6 is 0 Å². The van der Waals surface area contributed by atoms with Gasteiger partial charge in [0.25, 0.3) is 0 Å². The van der Waals surface area contributed by atoms with Gasteiger partial charge in [-0.1, -0.05) is 26.0 Å². The molecular formula is C15H22O2. The van der Waals surface area contributed by atoms with Crippen LogP contribution in [-0.4, -0.2) is 17.3 Å². The predicted molar refractivity (Wildman–Crippen MR) is 69.5 cm³/mol. The van der Waals surface area contributed by atoms with Gasteiger partial charge in [0.1, 0.15) is 11.9 Å². The van der Waals surface area contributed by atoms with Gasteiger partial charge in [0, 0.05) is 0 Å². The van der Waals surface area contributed by atoms with Crippen LogP contribution in [-0.2, 0) is 0 Å². The van der Waals surface area contributed by atoms with E-state index in [2.05, 4.69) is 39.0 Å². The molecule has 0 saturated heterocycles. The fourth-order valence-electron chi connectivity index (χ4n) is 2.43. The summed E-state index contributed by atoms with van der Waals surface area (Å²) >= 11 is 0. The van der Waals surface area contributed by atoms with Crippen molar-refractivity contribution in [3.63, 3.8) is 0 Å². The lowest BCUT2D eigenvalue weighted by molar-refractivity contribution is 0.0596. The van der Waals surface area contributed by atoms with Gasteiger partial charge in [0.15, 0.2) is 0 Å². The van der Waals surface area contributed by atoms with Crippen LogP contribution in [0.15, 0.2) is 18.2 Å². The van der Waals surface area contributed by atoms with Gasteiger partial charge in [-0.2, -0.15) is 0 Å². The molecular weight excluding hydrogens is 212 g/mol. The summed E-state index contributed by atoms with van der Waals surface area (Å²) in [6.07, 6.45) is 2.58. The zero-order valence-electron chi connectivity index (χ0n) is 10.9. The Morgan fingerprint density at radius 1 is 1.29 bits per heavy atom. The van der Waals surface area contributed by atoms with E-state index in [-0.39, 0.29) is 12.2 Å². The Balaban J connectivity index is 2.21. The molecule has 2 heteroatoms. The number of ether oxygens (including phenoxy) is 1. The quantitative estimate of drug-likeness (QED) is 0.868. The summed E-state index contributed by atoms with van der Waals surface area (Å²) in [7, 11) is 0. The first-order valence-corrected chi connectivity index (χ1v) is 6.53. The van der Waals surface area contributed by atoms with Crippen molar-refractivity contribution in [3.05, 3.63) is 29.3 Å². The molecule has 0 spiro atoms. The molecule has 2 nitrogen and oxygen atoms in total. The highest BCUT2D eigenvalue weighted by Crippen LogP contribution is 2.31. The van der Waals surface area contributed by atoms with E-state index in [0.717, 1.165) is 25.0 Å². The molecule has 0 amide bonds. The first-order chi connectivity index (χ1) is 8.08. The Kier molecular flexibility index (Phi) is 3.72. The molecule has 1 aromatic carbocycles. The minimum absolute atomic E-state index is 0.0192. The predicted octanol–water partition coefficient (Wildman–Crippen LogP) is 3.41. The van der Waals surface area contributed by atoms with Crippen molar-refractivity contribution in [2.75, 3.05) is 0 Å².